The molecule has 0 radical (unpaired) electrons. The molecule has 0 heterocycles. The van der Waals surface area contributed by atoms with Crippen LogP contribution in [-0.2, 0) is 14.3 Å². The SMILES string of the molecule is C/C(=C\C1(C(=O)OC2CC(C)CCC2C(C)C)CC1(C)C)C(=O)O. The molecule has 0 aromatic carbocycles. The van der Waals surface area contributed by atoms with Crippen molar-refractivity contribution in [2.24, 2.45) is 28.6 Å². The summed E-state index contributed by atoms with van der Waals surface area (Å²) in [6.07, 6.45) is 5.41. The average molecular weight is 336 g/mol. The summed E-state index contributed by atoms with van der Waals surface area (Å²) in [5, 5.41) is 9.18. The summed E-state index contributed by atoms with van der Waals surface area (Å²) in [4.78, 5) is 24.2. The lowest BCUT2D eigenvalue weighted by atomic mass is 9.75. The van der Waals surface area contributed by atoms with Crippen molar-refractivity contribution in [1.82, 2.24) is 0 Å². The molecular formula is C20H32O4. The number of carboxylic acids is 1. The van der Waals surface area contributed by atoms with Gasteiger partial charge in [-0.2, -0.15) is 0 Å². The number of aliphatic carboxylic acids is 1. The molecule has 0 aliphatic heterocycles. The van der Waals surface area contributed by atoms with Gasteiger partial charge in [0.05, 0.1) is 5.41 Å². The summed E-state index contributed by atoms with van der Waals surface area (Å²) in [6, 6.07) is 0. The van der Waals surface area contributed by atoms with Crippen molar-refractivity contribution >= 4 is 11.9 Å². The summed E-state index contributed by atoms with van der Waals surface area (Å²) in [6.45, 7) is 12.1. The van der Waals surface area contributed by atoms with Crippen LogP contribution in [0.3, 0.4) is 0 Å². The number of carbonyl (C=O) groups is 2. The minimum Gasteiger partial charge on any atom is -0.478 e. The van der Waals surface area contributed by atoms with Gasteiger partial charge in [0.1, 0.15) is 6.10 Å². The average Bonchev–Trinajstić information content (AvgIpc) is 3.00. The largest absolute Gasteiger partial charge is 0.478 e. The molecule has 0 aromatic rings. The smallest absolute Gasteiger partial charge is 0.330 e. The molecule has 4 unspecified atom stereocenters. The van der Waals surface area contributed by atoms with Crippen LogP contribution in [-0.4, -0.2) is 23.1 Å². The lowest BCUT2D eigenvalue weighted by Gasteiger charge is -2.37. The summed E-state index contributed by atoms with van der Waals surface area (Å²) in [5.41, 5.74) is -0.804. The Kier molecular flexibility index (Phi) is 5.17. The van der Waals surface area contributed by atoms with Crippen LogP contribution in [0.1, 0.15) is 67.2 Å². The molecule has 24 heavy (non-hydrogen) atoms. The Morgan fingerprint density at radius 3 is 2.29 bits per heavy atom. The van der Waals surface area contributed by atoms with Gasteiger partial charge in [-0.05, 0) is 49.4 Å². The Morgan fingerprint density at radius 2 is 1.83 bits per heavy atom. The van der Waals surface area contributed by atoms with Gasteiger partial charge in [0.2, 0.25) is 0 Å². The number of hydrogen-bond donors (Lipinski definition) is 1. The zero-order valence-electron chi connectivity index (χ0n) is 15.9. The number of rotatable bonds is 5. The standard InChI is InChI=1S/C20H32O4/c1-12(2)15-8-7-13(3)9-16(15)24-18(23)20(11-19(20,5)6)10-14(4)17(21)22/h10,12-13,15-16H,7-9,11H2,1-6H3,(H,21,22)/b14-10+. The van der Waals surface area contributed by atoms with E-state index in [2.05, 4.69) is 20.8 Å². The molecule has 1 N–H and O–H groups in total. The van der Waals surface area contributed by atoms with E-state index in [0.717, 1.165) is 12.8 Å². The Morgan fingerprint density at radius 1 is 1.25 bits per heavy atom. The van der Waals surface area contributed by atoms with Gasteiger partial charge >= 0.3 is 11.9 Å². The number of esters is 1. The van der Waals surface area contributed by atoms with Gasteiger partial charge in [0.25, 0.3) is 0 Å². The highest BCUT2D eigenvalue weighted by Gasteiger charge is 2.66. The molecule has 0 saturated heterocycles. The van der Waals surface area contributed by atoms with Crippen LogP contribution in [0.5, 0.6) is 0 Å². The predicted octanol–water partition coefficient (Wildman–Crippen LogP) is 4.44. The van der Waals surface area contributed by atoms with E-state index in [4.69, 9.17) is 4.74 Å². The first kappa shape index (κ1) is 19.0. The second-order valence-electron chi connectivity index (χ2n) is 8.93. The molecule has 2 aliphatic rings. The van der Waals surface area contributed by atoms with Gasteiger partial charge in [0, 0.05) is 5.57 Å². The molecule has 0 amide bonds. The fourth-order valence-corrected chi connectivity index (χ4v) is 4.23. The minimum absolute atomic E-state index is 0.0481. The van der Waals surface area contributed by atoms with E-state index in [-0.39, 0.29) is 23.1 Å². The van der Waals surface area contributed by atoms with Gasteiger partial charge in [0.15, 0.2) is 0 Å². The fraction of sp³-hybridized carbons (Fsp3) is 0.800. The molecule has 136 valence electrons. The molecular weight excluding hydrogens is 304 g/mol. The van der Waals surface area contributed by atoms with Gasteiger partial charge in [-0.25, -0.2) is 4.79 Å². The van der Waals surface area contributed by atoms with E-state index in [9.17, 15) is 14.7 Å². The van der Waals surface area contributed by atoms with Crippen LogP contribution in [0, 0.1) is 28.6 Å². The fourth-order valence-electron chi connectivity index (χ4n) is 4.23. The second-order valence-corrected chi connectivity index (χ2v) is 8.93. The number of ether oxygens (including phenoxy) is 1. The molecule has 4 heteroatoms. The maximum absolute atomic E-state index is 13.0. The highest BCUT2D eigenvalue weighted by Crippen LogP contribution is 2.65. The van der Waals surface area contributed by atoms with Crippen molar-refractivity contribution in [1.29, 1.82) is 0 Å². The normalized spacial score (nSPS) is 35.6. The van der Waals surface area contributed by atoms with E-state index < -0.39 is 11.4 Å². The molecule has 2 aliphatic carbocycles. The third kappa shape index (κ3) is 3.52. The summed E-state index contributed by atoms with van der Waals surface area (Å²) < 4.78 is 6.00. The molecule has 0 spiro atoms. The minimum atomic E-state index is -0.976. The van der Waals surface area contributed by atoms with Gasteiger partial charge in [-0.1, -0.05) is 47.1 Å². The van der Waals surface area contributed by atoms with E-state index in [1.54, 1.807) is 13.0 Å². The van der Waals surface area contributed by atoms with Crippen molar-refractivity contribution < 1.29 is 19.4 Å². The molecule has 0 aromatic heterocycles. The first-order chi connectivity index (χ1) is 11.0. The first-order valence-electron chi connectivity index (χ1n) is 9.14. The van der Waals surface area contributed by atoms with Crippen LogP contribution < -0.4 is 0 Å². The topological polar surface area (TPSA) is 63.6 Å². The molecule has 4 nitrogen and oxygen atoms in total. The van der Waals surface area contributed by atoms with Crippen LogP contribution in [0.4, 0.5) is 0 Å². The van der Waals surface area contributed by atoms with Gasteiger partial charge in [-0.3, -0.25) is 4.79 Å². The first-order valence-corrected chi connectivity index (χ1v) is 9.14. The molecule has 2 rings (SSSR count). The summed E-state index contributed by atoms with van der Waals surface area (Å²) in [5.74, 6) is 0.231. The Balaban J connectivity index is 2.19. The molecule has 4 atom stereocenters. The predicted molar refractivity (Wildman–Crippen MR) is 93.4 cm³/mol. The molecule has 2 saturated carbocycles. The van der Waals surface area contributed by atoms with Crippen LogP contribution >= 0.6 is 0 Å². The van der Waals surface area contributed by atoms with Crippen LogP contribution in [0.25, 0.3) is 0 Å². The zero-order chi connectivity index (χ0) is 18.3. The maximum Gasteiger partial charge on any atom is 0.330 e. The third-order valence-electron chi connectivity index (χ3n) is 6.19. The lowest BCUT2D eigenvalue weighted by Crippen LogP contribution is -2.38. The highest BCUT2D eigenvalue weighted by molar-refractivity contribution is 5.90. The van der Waals surface area contributed by atoms with Crippen molar-refractivity contribution in [2.75, 3.05) is 0 Å². The van der Waals surface area contributed by atoms with Gasteiger partial charge in [-0.15, -0.1) is 0 Å². The summed E-state index contributed by atoms with van der Waals surface area (Å²) in [7, 11) is 0. The number of hydrogen-bond acceptors (Lipinski definition) is 3. The maximum atomic E-state index is 13.0. The second kappa shape index (κ2) is 6.53. The number of carboxylic acid groups (broad SMARTS) is 1. The zero-order valence-corrected chi connectivity index (χ0v) is 15.9. The summed E-state index contributed by atoms with van der Waals surface area (Å²) >= 11 is 0. The molecule has 2 fully saturated rings. The molecule has 0 bridgehead atoms. The monoisotopic (exact) mass is 336 g/mol. The lowest BCUT2D eigenvalue weighted by molar-refractivity contribution is -0.162. The van der Waals surface area contributed by atoms with E-state index in [1.165, 1.54) is 6.42 Å². The van der Waals surface area contributed by atoms with Crippen LogP contribution in [0.15, 0.2) is 11.6 Å². The van der Waals surface area contributed by atoms with Crippen LogP contribution in [0.2, 0.25) is 0 Å². The highest BCUT2D eigenvalue weighted by atomic mass is 16.5. The Hall–Kier alpha value is -1.32. The van der Waals surface area contributed by atoms with Crippen molar-refractivity contribution in [3.05, 3.63) is 11.6 Å². The van der Waals surface area contributed by atoms with Crippen molar-refractivity contribution in [3.8, 4) is 0 Å². The van der Waals surface area contributed by atoms with Crippen molar-refractivity contribution in [3.63, 3.8) is 0 Å². The van der Waals surface area contributed by atoms with E-state index in [0.29, 0.717) is 24.2 Å². The van der Waals surface area contributed by atoms with Crippen molar-refractivity contribution in [2.45, 2.75) is 73.3 Å². The number of carbonyl (C=O) groups excluding carboxylic acids is 1. The quantitative estimate of drug-likeness (QED) is 0.595. The van der Waals surface area contributed by atoms with E-state index >= 15 is 0 Å². The van der Waals surface area contributed by atoms with E-state index in [1.807, 2.05) is 13.8 Å². The Labute approximate surface area is 145 Å². The Bertz CT molecular complexity index is 546. The third-order valence-corrected chi connectivity index (χ3v) is 6.19. The van der Waals surface area contributed by atoms with Gasteiger partial charge < -0.3 is 9.84 Å².